The van der Waals surface area contributed by atoms with Crippen LogP contribution in [-0.2, 0) is 30.8 Å². The molecule has 4 saturated heterocycles. The summed E-state index contributed by atoms with van der Waals surface area (Å²) in [5, 5.41) is 56.3. The number of hydrogen-bond donors (Lipinski definition) is 3. The van der Waals surface area contributed by atoms with Crippen LogP contribution in [0.3, 0.4) is 0 Å². The van der Waals surface area contributed by atoms with Crippen LogP contribution in [0.1, 0.15) is 36.1 Å². The van der Waals surface area contributed by atoms with Gasteiger partial charge in [0.05, 0.1) is 142 Å². The molecule has 3 N–H and O–H groups in total. The van der Waals surface area contributed by atoms with E-state index < -0.39 is 17.1 Å². The quantitative estimate of drug-likeness (QED) is 0.0523. The zero-order valence-electron chi connectivity index (χ0n) is 58.0. The van der Waals surface area contributed by atoms with E-state index >= 15 is 0 Å². The van der Waals surface area contributed by atoms with Gasteiger partial charge in [0.2, 0.25) is 32.5 Å². The van der Waals surface area contributed by atoms with E-state index in [-0.39, 0.29) is 10.6 Å². The van der Waals surface area contributed by atoms with Gasteiger partial charge in [0.25, 0.3) is 0 Å². The summed E-state index contributed by atoms with van der Waals surface area (Å²) >= 11 is 34.1. The number of sulfonamides is 1. The molecule has 556 valence electrons. The first-order chi connectivity index (χ1) is 52.3. The predicted molar refractivity (Wildman–Crippen MR) is 444 cm³/mol. The Kier molecular flexibility index (Phi) is 31.2. The number of anilines is 2. The third kappa shape index (κ3) is 22.0. The van der Waals surface area contributed by atoms with E-state index in [1.165, 1.54) is 34.0 Å². The number of rotatable bonds is 9. The summed E-state index contributed by atoms with van der Waals surface area (Å²) in [4.78, 5) is 45.6. The third-order valence-corrected chi connectivity index (χ3v) is 25.0. The zero-order valence-corrected chi connectivity index (χ0v) is 69.2. The molecule has 0 amide bonds. The molecule has 108 heavy (non-hydrogen) atoms. The van der Waals surface area contributed by atoms with E-state index in [0.717, 1.165) is 152 Å². The molecular formula is C72H66BBr3Cl3N17O7S5. The summed E-state index contributed by atoms with van der Waals surface area (Å²) in [6.07, 6.45) is 1.27. The summed E-state index contributed by atoms with van der Waals surface area (Å²) in [5.74, 6) is 1.42. The van der Waals surface area contributed by atoms with E-state index in [0.29, 0.717) is 98.1 Å². The summed E-state index contributed by atoms with van der Waals surface area (Å²) in [5.41, 5.74) is 12.8. The van der Waals surface area contributed by atoms with Crippen LogP contribution < -0.4 is 20.6 Å². The van der Waals surface area contributed by atoms with Crippen LogP contribution in [0.5, 0.6) is 0 Å². The average molecular weight is 1800 g/mol. The number of nitrogens with zero attached hydrogens (tertiary/aromatic N) is 16. The smallest absolute Gasteiger partial charge is 0.423 e. The molecule has 0 bridgehead atoms. The zero-order chi connectivity index (χ0) is 76.9. The van der Waals surface area contributed by atoms with Gasteiger partial charge >= 0.3 is 7.12 Å². The maximum absolute atomic E-state index is 11.8. The first-order valence-corrected chi connectivity index (χ1v) is 42.2. The van der Waals surface area contributed by atoms with Crippen molar-refractivity contribution >= 4 is 209 Å². The first-order valence-electron chi connectivity index (χ1n) is 33.3. The number of ether oxygens (including phenoxy) is 3. The fraction of sp³-hybridized carbons (Fsp3) is 0.278. The Labute approximate surface area is 680 Å². The number of fused-ring (bicyclic) bond motifs is 4. The minimum atomic E-state index is -3.15. The molecule has 4 aliphatic rings. The van der Waals surface area contributed by atoms with Crippen molar-refractivity contribution < 1.29 is 32.7 Å². The molecule has 4 fully saturated rings. The Morgan fingerprint density at radius 1 is 0.528 bits per heavy atom. The van der Waals surface area contributed by atoms with Crippen molar-refractivity contribution in [1.82, 2.24) is 54.4 Å². The summed E-state index contributed by atoms with van der Waals surface area (Å²) < 4.78 is 47.9. The molecule has 8 aromatic heterocycles. The van der Waals surface area contributed by atoms with Crippen LogP contribution in [0.4, 0.5) is 17.6 Å². The number of nitrogens with one attached hydrogen (secondary N) is 1. The molecule has 0 atom stereocenters. The molecule has 24 nitrogen and oxygen atoms in total. The standard InChI is InChI=1S/C23H26N6O3S2.C17H13BrN4OS.C13H5BrClN3S.C7H6BNO2.C6HBrCl2N2S.C4H9NO.C2H6/c1-34(30,31)29-8-6-27(7-9-29)15-19-16-33-22-20(18-4-2-17(14-24)3-5-18)25-23(26-21(19)22)28-10-12-32-13-11-28;18-13-10-24-16-14(12-3-1-11(9-19)2-4-12)20-17(21-15(13)16)22-5-7-23-8-6-22;14-9-6-19-12-10(17-13(15)18-11(9)12)8-3-1-7(5-16)2-4-8;1-9-7-4-2-6(3-5-7)8(10)11;7-2-1-12-4-3(2)10-6(9)11-5(4)8;1-3-6-4-2-5-1;1-2/h2-5,16H,6-13,15H2,1H3;1-4,10H,5-8H2;1-4,6H;2-5,10-11H;1H;5H,1-4H2;1-2H3. The molecule has 16 rings (SSSR count). The van der Waals surface area contributed by atoms with E-state index in [4.69, 9.17) is 96.1 Å². The number of piperazine rings is 1. The van der Waals surface area contributed by atoms with Gasteiger partial charge in [-0.15, -0.1) is 45.3 Å². The molecule has 0 radical (unpaired) electrons. The molecular weight excluding hydrogens is 1730 g/mol. The number of nitriles is 3. The van der Waals surface area contributed by atoms with Crippen LogP contribution in [0, 0.1) is 40.6 Å². The highest BCUT2D eigenvalue weighted by atomic mass is 79.9. The Morgan fingerprint density at radius 3 is 1.32 bits per heavy atom. The Hall–Kier alpha value is -7.40. The van der Waals surface area contributed by atoms with Gasteiger partial charge in [-0.3, -0.25) is 4.90 Å². The van der Waals surface area contributed by atoms with E-state index in [1.807, 2.05) is 90.7 Å². The van der Waals surface area contributed by atoms with Crippen molar-refractivity contribution in [3.63, 3.8) is 0 Å². The van der Waals surface area contributed by atoms with Crippen LogP contribution in [0.2, 0.25) is 15.7 Å². The maximum Gasteiger partial charge on any atom is 0.488 e. The molecule has 0 aliphatic carbocycles. The second-order valence-corrected chi connectivity index (χ2v) is 32.3. The number of hydrogen-bond acceptors (Lipinski definition) is 26. The minimum Gasteiger partial charge on any atom is -0.423 e. The van der Waals surface area contributed by atoms with E-state index in [1.54, 1.807) is 58.3 Å². The van der Waals surface area contributed by atoms with Gasteiger partial charge in [-0.25, -0.2) is 53.1 Å². The number of aromatic nitrogens is 8. The van der Waals surface area contributed by atoms with E-state index in [9.17, 15) is 13.7 Å². The van der Waals surface area contributed by atoms with Crippen molar-refractivity contribution in [2.75, 3.05) is 121 Å². The van der Waals surface area contributed by atoms with Gasteiger partial charge in [-0.2, -0.15) is 20.1 Å². The number of morpholine rings is 3. The summed E-state index contributed by atoms with van der Waals surface area (Å²) in [7, 11) is -4.60. The molecule has 0 spiro atoms. The largest absolute Gasteiger partial charge is 0.488 e. The van der Waals surface area contributed by atoms with Crippen LogP contribution in [0.25, 0.3) is 79.5 Å². The van der Waals surface area contributed by atoms with E-state index in [2.05, 4.69) is 116 Å². The highest BCUT2D eigenvalue weighted by molar-refractivity contribution is 9.11. The van der Waals surface area contributed by atoms with Crippen molar-refractivity contribution in [1.29, 1.82) is 15.8 Å². The van der Waals surface area contributed by atoms with Gasteiger partial charge in [0.1, 0.15) is 16.6 Å². The Morgan fingerprint density at radius 2 is 0.917 bits per heavy atom. The lowest BCUT2D eigenvalue weighted by Crippen LogP contribution is -2.47. The van der Waals surface area contributed by atoms with Gasteiger partial charge in [0, 0.05) is 110 Å². The van der Waals surface area contributed by atoms with Crippen LogP contribution in [-0.4, -0.2) is 186 Å². The molecule has 0 saturated carbocycles. The lowest BCUT2D eigenvalue weighted by Gasteiger charge is -2.33. The molecule has 4 aliphatic heterocycles. The fourth-order valence-corrected chi connectivity index (χ4v) is 17.9. The lowest BCUT2D eigenvalue weighted by atomic mass is 9.80. The number of benzene rings is 4. The van der Waals surface area contributed by atoms with Crippen molar-refractivity contribution in [3.05, 3.63) is 181 Å². The molecule has 0 unspecified atom stereocenters. The SMILES string of the molecule is C1COCCN1.CC.CS(=O)(=O)N1CCN(Cc2csc3c(-c4ccc(C#N)cc4)nc(N4CCOCC4)nc23)CC1.Clc1nc(Cl)c2scc(Br)c2n1.N#Cc1ccc(-c2nc(Cl)nc3c(Br)csc23)cc1.N#Cc1ccc(-c2nc(N3CCOCC3)nc3c(Br)csc23)cc1.[C-]#[N+]c1ccc(B(O)O)cc1. The second kappa shape index (κ2) is 40.5. The molecule has 4 aromatic carbocycles. The number of halogens is 6. The normalized spacial score (nSPS) is 14.4. The third-order valence-electron chi connectivity index (χ3n) is 16.3. The van der Waals surface area contributed by atoms with Gasteiger partial charge in [-0.1, -0.05) is 86.1 Å². The summed E-state index contributed by atoms with van der Waals surface area (Å²) in [6, 6.07) is 34.8. The average Bonchev–Trinajstić information content (AvgIpc) is 1.58. The van der Waals surface area contributed by atoms with Crippen molar-refractivity contribution in [2.24, 2.45) is 0 Å². The molecule has 36 heteroatoms. The Balaban J connectivity index is 0.000000148. The highest BCUT2D eigenvalue weighted by Gasteiger charge is 2.27. The first kappa shape index (κ1) is 83.1. The molecule has 12 heterocycles. The Bertz CT molecular complexity index is 5330. The van der Waals surface area contributed by atoms with Crippen LogP contribution >= 0.6 is 128 Å². The van der Waals surface area contributed by atoms with Gasteiger partial charge in [0.15, 0.2) is 10.8 Å². The molecule has 12 aromatic rings. The second-order valence-electron chi connectivity index (χ2n) is 23.2. The van der Waals surface area contributed by atoms with Gasteiger partial charge < -0.3 is 39.4 Å². The predicted octanol–water partition coefficient (Wildman–Crippen LogP) is 14.9. The van der Waals surface area contributed by atoms with Crippen molar-refractivity contribution in [2.45, 2.75) is 20.4 Å². The lowest BCUT2D eigenvalue weighted by molar-refractivity contribution is 0.109. The number of thiophene rings is 4. The highest BCUT2D eigenvalue weighted by Crippen LogP contribution is 2.40. The fourth-order valence-electron chi connectivity index (χ4n) is 10.8. The summed E-state index contributed by atoms with van der Waals surface area (Å²) in [6.45, 7) is 23.3. The van der Waals surface area contributed by atoms with Crippen LogP contribution in [0.15, 0.2) is 132 Å². The maximum atomic E-state index is 11.8. The van der Waals surface area contributed by atoms with Crippen molar-refractivity contribution in [3.8, 4) is 52.0 Å². The van der Waals surface area contributed by atoms with Gasteiger partial charge in [-0.05, 0) is 118 Å². The minimum absolute atomic E-state index is 0.173. The monoisotopic (exact) mass is 1790 g/mol. The topological polar surface area (TPSA) is 306 Å².